The molecule has 142 valence electrons. The smallest absolute Gasteiger partial charge is 0.305 e. The second kappa shape index (κ2) is 7.38. The highest BCUT2D eigenvalue weighted by Gasteiger charge is 2.45. The molecule has 1 atom stereocenters. The molecule has 1 heterocycles. The lowest BCUT2D eigenvalue weighted by atomic mass is 9.74. The van der Waals surface area contributed by atoms with Gasteiger partial charge in [-0.25, -0.2) is 9.97 Å². The van der Waals surface area contributed by atoms with E-state index in [1.54, 1.807) is 0 Å². The van der Waals surface area contributed by atoms with Gasteiger partial charge in [-0.05, 0) is 30.5 Å². The maximum Gasteiger partial charge on any atom is 0.305 e. The van der Waals surface area contributed by atoms with E-state index in [1.165, 1.54) is 7.11 Å². The zero-order chi connectivity index (χ0) is 19.6. The van der Waals surface area contributed by atoms with Gasteiger partial charge >= 0.3 is 5.97 Å². The number of esters is 1. The summed E-state index contributed by atoms with van der Waals surface area (Å²) in [6, 6.07) is 15.7. The fraction of sp³-hybridized carbons (Fsp3) is 0.273. The first-order valence-corrected chi connectivity index (χ1v) is 9.19. The van der Waals surface area contributed by atoms with Gasteiger partial charge in [0.1, 0.15) is 0 Å². The van der Waals surface area contributed by atoms with E-state index in [9.17, 15) is 9.59 Å². The minimum Gasteiger partial charge on any atom is -0.469 e. The Morgan fingerprint density at radius 1 is 1.04 bits per heavy atom. The molecule has 2 aromatic carbocycles. The van der Waals surface area contributed by atoms with Crippen LogP contribution in [0.25, 0.3) is 22.3 Å². The lowest BCUT2D eigenvalue weighted by molar-refractivity contribution is -0.141. The average Bonchev–Trinajstić information content (AvgIpc) is 3.00. The highest BCUT2D eigenvalue weighted by atomic mass is 16.5. The average molecular weight is 376 g/mol. The molecular weight excluding hydrogens is 356 g/mol. The lowest BCUT2D eigenvalue weighted by Gasteiger charge is -2.30. The monoisotopic (exact) mass is 376 g/mol. The van der Waals surface area contributed by atoms with Crippen molar-refractivity contribution in [3.8, 4) is 11.3 Å². The molecule has 1 unspecified atom stereocenters. The molecule has 0 N–H and O–H groups in total. The fourth-order valence-corrected chi connectivity index (χ4v) is 4.09. The number of hydrogen-bond donors (Lipinski definition) is 0. The Hall–Kier alpha value is -3.28. The normalized spacial score (nSPS) is 17.0. The molecular formula is C22H20N2O4. The van der Waals surface area contributed by atoms with E-state index in [2.05, 4.69) is 0 Å². The summed E-state index contributed by atoms with van der Waals surface area (Å²) in [5, 5.41) is 0. The number of para-hydroxylation sites is 2. The Bertz CT molecular complexity index is 1050. The number of methoxy groups -OCH3 is 1. The molecule has 0 aliphatic heterocycles. The number of nitrogens with zero attached hydrogens (tertiary/aromatic N) is 2. The summed E-state index contributed by atoms with van der Waals surface area (Å²) >= 11 is 0. The minimum atomic E-state index is -0.569. The number of carbonyl (C=O) groups is 2. The third-order valence-corrected chi connectivity index (χ3v) is 5.42. The third-order valence-electron chi connectivity index (χ3n) is 5.42. The second-order valence-corrected chi connectivity index (χ2v) is 6.83. The predicted molar refractivity (Wildman–Crippen MR) is 104 cm³/mol. The van der Waals surface area contributed by atoms with E-state index in [0.29, 0.717) is 19.3 Å². The van der Waals surface area contributed by atoms with E-state index in [4.69, 9.17) is 19.4 Å². The van der Waals surface area contributed by atoms with Gasteiger partial charge < -0.3 is 9.47 Å². The van der Waals surface area contributed by atoms with E-state index >= 15 is 0 Å². The fourth-order valence-electron chi connectivity index (χ4n) is 4.09. The van der Waals surface area contributed by atoms with Gasteiger partial charge in [0.15, 0.2) is 0 Å². The van der Waals surface area contributed by atoms with Crippen LogP contribution in [-0.2, 0) is 24.5 Å². The van der Waals surface area contributed by atoms with Crippen LogP contribution in [0.3, 0.4) is 0 Å². The molecule has 1 aliphatic carbocycles. The van der Waals surface area contributed by atoms with Crippen molar-refractivity contribution in [2.24, 2.45) is 0 Å². The first kappa shape index (κ1) is 18.1. The summed E-state index contributed by atoms with van der Waals surface area (Å²) < 4.78 is 9.89. The van der Waals surface area contributed by atoms with Gasteiger partial charge in [0.2, 0.25) is 0 Å². The molecule has 0 saturated carbocycles. The van der Waals surface area contributed by atoms with Crippen LogP contribution in [-0.4, -0.2) is 36.1 Å². The van der Waals surface area contributed by atoms with Crippen LogP contribution in [0, 0.1) is 0 Å². The molecule has 28 heavy (non-hydrogen) atoms. The van der Waals surface area contributed by atoms with Crippen LogP contribution >= 0.6 is 0 Å². The van der Waals surface area contributed by atoms with Gasteiger partial charge in [-0.2, -0.15) is 0 Å². The lowest BCUT2D eigenvalue weighted by Crippen LogP contribution is -2.29. The molecule has 0 bridgehead atoms. The molecule has 0 fully saturated rings. The van der Waals surface area contributed by atoms with Crippen LogP contribution in [0.5, 0.6) is 0 Å². The molecule has 0 amide bonds. The zero-order valence-corrected chi connectivity index (χ0v) is 15.6. The van der Waals surface area contributed by atoms with E-state index < -0.39 is 5.41 Å². The number of ether oxygens (including phenoxy) is 2. The highest BCUT2D eigenvalue weighted by molar-refractivity contribution is 5.84. The van der Waals surface area contributed by atoms with Gasteiger partial charge in [-0.1, -0.05) is 36.4 Å². The highest BCUT2D eigenvalue weighted by Crippen LogP contribution is 2.52. The maximum absolute atomic E-state index is 11.9. The molecule has 0 radical (unpaired) electrons. The molecule has 6 heteroatoms. The number of fused-ring (bicyclic) bond motifs is 4. The van der Waals surface area contributed by atoms with Crippen LogP contribution in [0.15, 0.2) is 48.5 Å². The molecule has 4 rings (SSSR count). The number of hydrogen-bond acceptors (Lipinski definition) is 6. The summed E-state index contributed by atoms with van der Waals surface area (Å²) in [6.45, 7) is 0.675. The standard InChI is InChI=1S/C22H20N2O4/c1-27-19(26)10-11-22(12-13-28-14-25)16-7-3-2-6-15(16)20-21(22)24-18-9-5-4-8-17(18)23-20/h2-9,14H,10-13H2,1H3. The van der Waals surface area contributed by atoms with Crippen LogP contribution in [0.4, 0.5) is 0 Å². The Kier molecular flexibility index (Phi) is 4.77. The van der Waals surface area contributed by atoms with Crippen molar-refractivity contribution in [3.63, 3.8) is 0 Å². The molecule has 0 spiro atoms. The summed E-state index contributed by atoms with van der Waals surface area (Å²) in [7, 11) is 1.38. The molecule has 0 saturated heterocycles. The Balaban J connectivity index is 1.91. The van der Waals surface area contributed by atoms with E-state index in [-0.39, 0.29) is 19.0 Å². The first-order chi connectivity index (χ1) is 13.7. The van der Waals surface area contributed by atoms with Crippen molar-refractivity contribution in [1.82, 2.24) is 9.97 Å². The van der Waals surface area contributed by atoms with Gasteiger partial charge in [0, 0.05) is 17.4 Å². The van der Waals surface area contributed by atoms with Gasteiger partial charge in [0.25, 0.3) is 6.47 Å². The Morgan fingerprint density at radius 2 is 1.75 bits per heavy atom. The Morgan fingerprint density at radius 3 is 2.50 bits per heavy atom. The van der Waals surface area contributed by atoms with Crippen molar-refractivity contribution in [1.29, 1.82) is 0 Å². The topological polar surface area (TPSA) is 78.4 Å². The molecule has 3 aromatic rings. The van der Waals surface area contributed by atoms with Crippen molar-refractivity contribution < 1.29 is 19.1 Å². The number of rotatable bonds is 7. The number of aromatic nitrogens is 2. The maximum atomic E-state index is 11.9. The molecule has 6 nitrogen and oxygen atoms in total. The number of benzene rings is 2. The zero-order valence-electron chi connectivity index (χ0n) is 15.6. The minimum absolute atomic E-state index is 0.229. The summed E-state index contributed by atoms with van der Waals surface area (Å²) in [5.74, 6) is -0.282. The SMILES string of the molecule is COC(=O)CCC1(CCOC=O)c2ccccc2-c2nc3ccccc3nc21. The second-order valence-electron chi connectivity index (χ2n) is 6.83. The van der Waals surface area contributed by atoms with Crippen LogP contribution < -0.4 is 0 Å². The van der Waals surface area contributed by atoms with Gasteiger partial charge in [-0.15, -0.1) is 0 Å². The van der Waals surface area contributed by atoms with Crippen molar-refractivity contribution in [2.75, 3.05) is 13.7 Å². The van der Waals surface area contributed by atoms with Crippen molar-refractivity contribution in [3.05, 3.63) is 59.8 Å². The van der Waals surface area contributed by atoms with E-state index in [1.807, 2.05) is 48.5 Å². The van der Waals surface area contributed by atoms with E-state index in [0.717, 1.165) is 33.5 Å². The van der Waals surface area contributed by atoms with Crippen LogP contribution in [0.1, 0.15) is 30.5 Å². The van der Waals surface area contributed by atoms with Crippen molar-refractivity contribution in [2.45, 2.75) is 24.7 Å². The largest absolute Gasteiger partial charge is 0.469 e. The van der Waals surface area contributed by atoms with Gasteiger partial charge in [-0.3, -0.25) is 9.59 Å². The Labute approximate surface area is 162 Å². The van der Waals surface area contributed by atoms with Crippen LogP contribution in [0.2, 0.25) is 0 Å². The van der Waals surface area contributed by atoms with Gasteiger partial charge in [0.05, 0.1) is 36.1 Å². The summed E-state index contributed by atoms with van der Waals surface area (Å²) in [6.07, 6.45) is 1.25. The summed E-state index contributed by atoms with van der Waals surface area (Å²) in [4.78, 5) is 32.5. The summed E-state index contributed by atoms with van der Waals surface area (Å²) in [5.41, 5.74) is 4.76. The first-order valence-electron chi connectivity index (χ1n) is 9.19. The predicted octanol–water partition coefficient (Wildman–Crippen LogP) is 3.41. The number of carbonyl (C=O) groups excluding carboxylic acids is 2. The van der Waals surface area contributed by atoms with Crippen molar-refractivity contribution >= 4 is 23.5 Å². The molecule has 1 aromatic heterocycles. The molecule has 1 aliphatic rings. The quantitative estimate of drug-likeness (QED) is 0.357. The third kappa shape index (κ3) is 2.91.